The van der Waals surface area contributed by atoms with Crippen LogP contribution in [-0.4, -0.2) is 36.7 Å². The molecule has 2 saturated heterocycles. The molecule has 0 radical (unpaired) electrons. The maximum absolute atomic E-state index is 5.64. The molecule has 1 spiro atoms. The van der Waals surface area contributed by atoms with E-state index in [-0.39, 0.29) is 0 Å². The summed E-state index contributed by atoms with van der Waals surface area (Å²) in [5.41, 5.74) is 0.528. The van der Waals surface area contributed by atoms with Crippen LogP contribution in [0.4, 0.5) is 0 Å². The fourth-order valence-electron chi connectivity index (χ4n) is 3.46. The molecule has 2 heteroatoms. The normalized spacial score (nSPS) is 36.8. The van der Waals surface area contributed by atoms with Crippen molar-refractivity contribution in [2.45, 2.75) is 59.0 Å². The second kappa shape index (κ2) is 4.66. The Kier molecular flexibility index (Phi) is 3.60. The van der Waals surface area contributed by atoms with Crippen LogP contribution in [0.1, 0.15) is 47.0 Å². The first-order valence-corrected chi connectivity index (χ1v) is 6.88. The van der Waals surface area contributed by atoms with Crippen LogP contribution in [0.2, 0.25) is 0 Å². The minimum absolute atomic E-state index is 0.528. The zero-order valence-electron chi connectivity index (χ0n) is 11.3. The molecule has 0 aromatic rings. The Morgan fingerprint density at radius 3 is 2.44 bits per heavy atom. The molecule has 2 heterocycles. The van der Waals surface area contributed by atoms with Gasteiger partial charge in [0.2, 0.25) is 0 Å². The van der Waals surface area contributed by atoms with Crippen molar-refractivity contribution in [3.63, 3.8) is 0 Å². The first-order valence-electron chi connectivity index (χ1n) is 6.88. The first-order chi connectivity index (χ1) is 7.54. The number of likely N-dealkylation sites (tertiary alicyclic amines) is 1. The van der Waals surface area contributed by atoms with Gasteiger partial charge in [-0.15, -0.1) is 0 Å². The lowest BCUT2D eigenvalue weighted by atomic mass is 9.72. The van der Waals surface area contributed by atoms with Crippen LogP contribution < -0.4 is 0 Å². The Morgan fingerprint density at radius 2 is 1.94 bits per heavy atom. The highest BCUT2D eigenvalue weighted by Crippen LogP contribution is 2.43. The van der Waals surface area contributed by atoms with E-state index in [1.807, 2.05) is 0 Å². The number of hydrogen-bond donors (Lipinski definition) is 0. The Balaban J connectivity index is 2.08. The van der Waals surface area contributed by atoms with E-state index in [1.54, 1.807) is 0 Å². The maximum atomic E-state index is 5.64. The molecule has 2 rings (SSSR count). The smallest absolute Gasteiger partial charge is 0.0524 e. The third kappa shape index (κ3) is 2.28. The van der Waals surface area contributed by atoms with E-state index in [2.05, 4.69) is 32.6 Å². The largest absolute Gasteiger partial charge is 0.381 e. The molecule has 94 valence electrons. The number of nitrogens with zero attached hydrogens (tertiary/aromatic N) is 1. The van der Waals surface area contributed by atoms with E-state index in [4.69, 9.17) is 4.74 Å². The molecular formula is C14H27NO. The van der Waals surface area contributed by atoms with Gasteiger partial charge in [-0.05, 0) is 51.0 Å². The van der Waals surface area contributed by atoms with Crippen molar-refractivity contribution in [3.05, 3.63) is 0 Å². The van der Waals surface area contributed by atoms with Crippen LogP contribution in [0.5, 0.6) is 0 Å². The summed E-state index contributed by atoms with van der Waals surface area (Å²) < 4.78 is 5.64. The summed E-state index contributed by atoms with van der Waals surface area (Å²) in [6.07, 6.45) is 3.99. The molecule has 2 unspecified atom stereocenters. The van der Waals surface area contributed by atoms with Crippen LogP contribution >= 0.6 is 0 Å². The van der Waals surface area contributed by atoms with Gasteiger partial charge < -0.3 is 4.74 Å². The Hall–Kier alpha value is -0.0800. The van der Waals surface area contributed by atoms with Crippen LogP contribution in [-0.2, 0) is 4.74 Å². The predicted molar refractivity (Wildman–Crippen MR) is 67.6 cm³/mol. The molecule has 16 heavy (non-hydrogen) atoms. The molecule has 0 saturated carbocycles. The van der Waals surface area contributed by atoms with Crippen molar-refractivity contribution in [3.8, 4) is 0 Å². The standard InChI is InChI=1S/C14H27NO/c1-11(2)13-9-14(6-8-16-10-14)5-7-15(13)12(3)4/h11-13H,5-10H2,1-4H3. The summed E-state index contributed by atoms with van der Waals surface area (Å²) in [7, 11) is 0. The molecule has 0 amide bonds. The lowest BCUT2D eigenvalue weighted by Gasteiger charge is -2.48. The maximum Gasteiger partial charge on any atom is 0.0524 e. The van der Waals surface area contributed by atoms with Crippen LogP contribution in [0.3, 0.4) is 0 Å². The quantitative estimate of drug-likeness (QED) is 0.716. The third-order valence-corrected chi connectivity index (χ3v) is 4.59. The topological polar surface area (TPSA) is 12.5 Å². The first kappa shape index (κ1) is 12.4. The summed E-state index contributed by atoms with van der Waals surface area (Å²) in [5.74, 6) is 0.764. The third-order valence-electron chi connectivity index (χ3n) is 4.59. The minimum Gasteiger partial charge on any atom is -0.381 e. The van der Waals surface area contributed by atoms with Gasteiger partial charge >= 0.3 is 0 Å². The fourth-order valence-corrected chi connectivity index (χ4v) is 3.46. The van der Waals surface area contributed by atoms with Crippen molar-refractivity contribution in [2.24, 2.45) is 11.3 Å². The van der Waals surface area contributed by atoms with E-state index < -0.39 is 0 Å². The van der Waals surface area contributed by atoms with Crippen LogP contribution in [0.15, 0.2) is 0 Å². The predicted octanol–water partition coefficient (Wildman–Crippen LogP) is 2.92. The van der Waals surface area contributed by atoms with Gasteiger partial charge in [0.05, 0.1) is 6.61 Å². The molecule has 0 aromatic carbocycles. The molecule has 0 aromatic heterocycles. The minimum atomic E-state index is 0.528. The summed E-state index contributed by atoms with van der Waals surface area (Å²) >= 11 is 0. The molecule has 2 atom stereocenters. The SMILES string of the molecule is CC(C)C1CC2(CCOC2)CCN1C(C)C. The number of hydrogen-bond acceptors (Lipinski definition) is 2. The second-order valence-electron chi connectivity index (χ2n) is 6.40. The summed E-state index contributed by atoms with van der Waals surface area (Å²) in [6, 6.07) is 1.45. The van der Waals surface area contributed by atoms with Crippen molar-refractivity contribution in [1.29, 1.82) is 0 Å². The number of rotatable bonds is 2. The molecule has 2 aliphatic rings. The van der Waals surface area contributed by atoms with E-state index in [1.165, 1.54) is 25.8 Å². The summed E-state index contributed by atoms with van der Waals surface area (Å²) in [5, 5.41) is 0. The van der Waals surface area contributed by atoms with E-state index in [0.717, 1.165) is 25.2 Å². The van der Waals surface area contributed by atoms with E-state index in [9.17, 15) is 0 Å². The fraction of sp³-hybridized carbons (Fsp3) is 1.00. The van der Waals surface area contributed by atoms with Crippen molar-refractivity contribution < 1.29 is 4.74 Å². The molecule has 0 aliphatic carbocycles. The Bertz CT molecular complexity index is 231. The van der Waals surface area contributed by atoms with Gasteiger partial charge in [-0.1, -0.05) is 13.8 Å². The molecule has 2 fully saturated rings. The van der Waals surface area contributed by atoms with Gasteiger partial charge in [0.1, 0.15) is 0 Å². The number of ether oxygens (including phenoxy) is 1. The molecule has 2 nitrogen and oxygen atoms in total. The highest BCUT2D eigenvalue weighted by molar-refractivity contribution is 4.95. The Labute approximate surface area is 100 Å². The van der Waals surface area contributed by atoms with Gasteiger partial charge in [0, 0.05) is 18.7 Å². The lowest BCUT2D eigenvalue weighted by molar-refractivity contribution is 0.00180. The monoisotopic (exact) mass is 225 g/mol. The van der Waals surface area contributed by atoms with Crippen molar-refractivity contribution >= 4 is 0 Å². The molecular weight excluding hydrogens is 198 g/mol. The van der Waals surface area contributed by atoms with Crippen LogP contribution in [0.25, 0.3) is 0 Å². The Morgan fingerprint density at radius 1 is 1.19 bits per heavy atom. The van der Waals surface area contributed by atoms with Gasteiger partial charge in [-0.25, -0.2) is 0 Å². The zero-order chi connectivity index (χ0) is 11.8. The average molecular weight is 225 g/mol. The van der Waals surface area contributed by atoms with Gasteiger partial charge in [-0.2, -0.15) is 0 Å². The van der Waals surface area contributed by atoms with E-state index in [0.29, 0.717) is 11.5 Å². The van der Waals surface area contributed by atoms with Gasteiger partial charge in [0.15, 0.2) is 0 Å². The van der Waals surface area contributed by atoms with E-state index >= 15 is 0 Å². The molecule has 2 aliphatic heterocycles. The summed E-state index contributed by atoms with van der Waals surface area (Å²) in [6.45, 7) is 12.7. The molecule has 0 N–H and O–H groups in total. The second-order valence-corrected chi connectivity index (χ2v) is 6.40. The van der Waals surface area contributed by atoms with Crippen molar-refractivity contribution in [1.82, 2.24) is 4.90 Å². The zero-order valence-corrected chi connectivity index (χ0v) is 11.3. The van der Waals surface area contributed by atoms with Crippen LogP contribution in [0, 0.1) is 11.3 Å². The highest BCUT2D eigenvalue weighted by Gasteiger charge is 2.43. The summed E-state index contributed by atoms with van der Waals surface area (Å²) in [4.78, 5) is 2.70. The molecule has 0 bridgehead atoms. The van der Waals surface area contributed by atoms with Gasteiger partial charge in [-0.3, -0.25) is 4.90 Å². The highest BCUT2D eigenvalue weighted by atomic mass is 16.5. The number of piperidine rings is 1. The average Bonchev–Trinajstić information content (AvgIpc) is 2.66. The van der Waals surface area contributed by atoms with Crippen molar-refractivity contribution in [2.75, 3.05) is 19.8 Å². The van der Waals surface area contributed by atoms with Gasteiger partial charge in [0.25, 0.3) is 0 Å². The lowest BCUT2D eigenvalue weighted by Crippen LogP contribution is -2.52.